The second-order valence-corrected chi connectivity index (χ2v) is 6.84. The van der Waals surface area contributed by atoms with E-state index >= 15 is 0 Å². The lowest BCUT2D eigenvalue weighted by atomic mass is 9.98. The second kappa shape index (κ2) is 6.23. The van der Waals surface area contributed by atoms with Crippen LogP contribution in [0.15, 0.2) is 46.3 Å². The number of pyridine rings is 1. The van der Waals surface area contributed by atoms with Crippen molar-refractivity contribution in [3.63, 3.8) is 0 Å². The molecule has 0 radical (unpaired) electrons. The molecule has 0 spiro atoms. The quantitative estimate of drug-likeness (QED) is 0.542. The fraction of sp³-hybridized carbons (Fsp3) is 0.188. The molecule has 108 valence electrons. The number of aryl methyl sites for hydroxylation is 1. The lowest BCUT2D eigenvalue weighted by Crippen LogP contribution is -2.29. The van der Waals surface area contributed by atoms with Gasteiger partial charge in [-0.1, -0.05) is 18.2 Å². The molecule has 0 aliphatic heterocycles. The van der Waals surface area contributed by atoms with E-state index in [0.717, 1.165) is 27.5 Å². The third-order valence-electron chi connectivity index (χ3n) is 3.53. The summed E-state index contributed by atoms with van der Waals surface area (Å²) in [4.78, 5) is 5.88. The molecule has 3 nitrogen and oxygen atoms in total. The van der Waals surface area contributed by atoms with Crippen LogP contribution >= 0.6 is 27.3 Å². The molecule has 21 heavy (non-hydrogen) atoms. The van der Waals surface area contributed by atoms with E-state index in [-0.39, 0.29) is 6.04 Å². The number of aromatic nitrogens is 1. The summed E-state index contributed by atoms with van der Waals surface area (Å²) >= 11 is 5.33. The number of nitrogens with two attached hydrogens (primary N) is 1. The fourth-order valence-electron chi connectivity index (χ4n) is 2.54. The van der Waals surface area contributed by atoms with Gasteiger partial charge in [-0.3, -0.25) is 16.3 Å². The maximum absolute atomic E-state index is 5.83. The van der Waals surface area contributed by atoms with Gasteiger partial charge in [0.2, 0.25) is 0 Å². The maximum Gasteiger partial charge on any atom is 0.0708 e. The molecule has 0 amide bonds. The summed E-state index contributed by atoms with van der Waals surface area (Å²) in [6, 6.07) is 12.5. The van der Waals surface area contributed by atoms with E-state index in [2.05, 4.69) is 49.9 Å². The van der Waals surface area contributed by atoms with Crippen LogP contribution in [-0.4, -0.2) is 4.98 Å². The number of para-hydroxylation sites is 1. The zero-order valence-corrected chi connectivity index (χ0v) is 14.0. The molecular weight excluding hydrogens is 346 g/mol. The minimum absolute atomic E-state index is 0.0616. The SMILES string of the molecule is Cc1cc(C(Cc2sccc2Br)NN)c2ccccc2n1. The van der Waals surface area contributed by atoms with Crippen molar-refractivity contribution in [2.75, 3.05) is 0 Å². The highest BCUT2D eigenvalue weighted by Gasteiger charge is 2.17. The van der Waals surface area contributed by atoms with Gasteiger partial charge in [-0.05, 0) is 52.0 Å². The third kappa shape index (κ3) is 3.01. The number of nitrogens with zero attached hydrogens (tertiary/aromatic N) is 1. The zero-order valence-electron chi connectivity index (χ0n) is 11.6. The first-order chi connectivity index (χ1) is 10.2. The number of hydrazine groups is 1. The zero-order chi connectivity index (χ0) is 14.8. The van der Waals surface area contributed by atoms with Crippen LogP contribution in [0.3, 0.4) is 0 Å². The van der Waals surface area contributed by atoms with Crippen LogP contribution in [0.4, 0.5) is 0 Å². The first-order valence-electron chi connectivity index (χ1n) is 6.73. The van der Waals surface area contributed by atoms with Crippen molar-refractivity contribution in [2.24, 2.45) is 5.84 Å². The van der Waals surface area contributed by atoms with Gasteiger partial charge in [0.05, 0.1) is 11.6 Å². The average molecular weight is 362 g/mol. The molecule has 2 heterocycles. The van der Waals surface area contributed by atoms with E-state index < -0.39 is 0 Å². The predicted octanol–water partition coefficient (Wildman–Crippen LogP) is 4.11. The van der Waals surface area contributed by atoms with Crippen LogP contribution < -0.4 is 11.3 Å². The molecule has 1 unspecified atom stereocenters. The summed E-state index contributed by atoms with van der Waals surface area (Å²) < 4.78 is 1.14. The first kappa shape index (κ1) is 14.7. The predicted molar refractivity (Wildman–Crippen MR) is 92.3 cm³/mol. The van der Waals surface area contributed by atoms with Crippen molar-refractivity contribution >= 4 is 38.2 Å². The normalized spacial score (nSPS) is 12.7. The molecule has 0 saturated heterocycles. The number of hydrogen-bond donors (Lipinski definition) is 2. The van der Waals surface area contributed by atoms with E-state index in [9.17, 15) is 0 Å². The lowest BCUT2D eigenvalue weighted by Gasteiger charge is -2.18. The van der Waals surface area contributed by atoms with Crippen molar-refractivity contribution < 1.29 is 0 Å². The Balaban J connectivity index is 2.06. The van der Waals surface area contributed by atoms with Gasteiger partial charge >= 0.3 is 0 Å². The van der Waals surface area contributed by atoms with Gasteiger partial charge in [0.15, 0.2) is 0 Å². The van der Waals surface area contributed by atoms with Crippen molar-refractivity contribution in [2.45, 2.75) is 19.4 Å². The number of rotatable bonds is 4. The summed E-state index contributed by atoms with van der Waals surface area (Å²) in [7, 11) is 0. The Hall–Kier alpha value is -1.27. The molecule has 0 saturated carbocycles. The van der Waals surface area contributed by atoms with Gasteiger partial charge in [-0.2, -0.15) is 0 Å². The molecule has 2 aromatic heterocycles. The van der Waals surface area contributed by atoms with E-state index in [0.29, 0.717) is 0 Å². The van der Waals surface area contributed by atoms with Crippen molar-refractivity contribution in [1.82, 2.24) is 10.4 Å². The summed E-state index contributed by atoms with van der Waals surface area (Å²) in [5.41, 5.74) is 6.18. The summed E-state index contributed by atoms with van der Waals surface area (Å²) in [6.07, 6.45) is 0.849. The Morgan fingerprint density at radius 1 is 1.33 bits per heavy atom. The van der Waals surface area contributed by atoms with Crippen molar-refractivity contribution in [3.05, 3.63) is 62.4 Å². The number of benzene rings is 1. The maximum atomic E-state index is 5.83. The van der Waals surface area contributed by atoms with E-state index in [1.54, 1.807) is 11.3 Å². The van der Waals surface area contributed by atoms with Crippen LogP contribution in [0, 0.1) is 6.92 Å². The molecule has 3 aromatic rings. The van der Waals surface area contributed by atoms with Gasteiger partial charge in [0.1, 0.15) is 0 Å². The largest absolute Gasteiger partial charge is 0.271 e. The van der Waals surface area contributed by atoms with Gasteiger partial charge in [0.25, 0.3) is 0 Å². The Morgan fingerprint density at radius 3 is 2.86 bits per heavy atom. The van der Waals surface area contributed by atoms with Gasteiger partial charge in [-0.25, -0.2) is 0 Å². The minimum atomic E-state index is 0.0616. The monoisotopic (exact) mass is 361 g/mol. The molecule has 5 heteroatoms. The Kier molecular flexibility index (Phi) is 4.35. The van der Waals surface area contributed by atoms with Gasteiger partial charge < -0.3 is 0 Å². The minimum Gasteiger partial charge on any atom is -0.271 e. The summed E-state index contributed by atoms with van der Waals surface area (Å²) in [6.45, 7) is 2.02. The third-order valence-corrected chi connectivity index (χ3v) is 5.48. The molecule has 3 rings (SSSR count). The number of halogens is 1. The Labute approximate surface area is 136 Å². The van der Waals surface area contributed by atoms with Crippen molar-refractivity contribution in [3.8, 4) is 0 Å². The number of hydrogen-bond acceptors (Lipinski definition) is 4. The van der Waals surface area contributed by atoms with Crippen LogP contribution in [0.1, 0.15) is 22.2 Å². The second-order valence-electron chi connectivity index (χ2n) is 4.99. The van der Waals surface area contributed by atoms with Gasteiger partial charge in [-0.15, -0.1) is 11.3 Å². The number of thiophene rings is 1. The van der Waals surface area contributed by atoms with E-state index in [1.165, 1.54) is 10.4 Å². The molecule has 0 aliphatic carbocycles. The first-order valence-corrected chi connectivity index (χ1v) is 8.40. The Morgan fingerprint density at radius 2 is 2.14 bits per heavy atom. The topological polar surface area (TPSA) is 50.9 Å². The van der Waals surface area contributed by atoms with Crippen molar-refractivity contribution in [1.29, 1.82) is 0 Å². The highest BCUT2D eigenvalue weighted by atomic mass is 79.9. The Bertz CT molecular complexity index is 769. The van der Waals surface area contributed by atoms with Crippen LogP contribution in [0.25, 0.3) is 10.9 Å². The lowest BCUT2D eigenvalue weighted by molar-refractivity contribution is 0.558. The molecule has 0 bridgehead atoms. The molecule has 3 N–H and O–H groups in total. The van der Waals surface area contributed by atoms with Crippen LogP contribution in [-0.2, 0) is 6.42 Å². The fourth-order valence-corrected chi connectivity index (χ4v) is 4.10. The van der Waals surface area contributed by atoms with Gasteiger partial charge in [0, 0.05) is 26.9 Å². The van der Waals surface area contributed by atoms with Crippen LogP contribution in [0.2, 0.25) is 0 Å². The molecule has 1 atom stereocenters. The highest BCUT2D eigenvalue weighted by molar-refractivity contribution is 9.10. The molecule has 0 fully saturated rings. The number of nitrogens with one attached hydrogen (secondary N) is 1. The van der Waals surface area contributed by atoms with E-state index in [4.69, 9.17) is 5.84 Å². The molecule has 0 aliphatic rings. The van der Waals surface area contributed by atoms with Crippen LogP contribution in [0.5, 0.6) is 0 Å². The summed E-state index contributed by atoms with van der Waals surface area (Å²) in [5, 5.41) is 3.24. The molecular formula is C16H16BrN3S. The highest BCUT2D eigenvalue weighted by Crippen LogP contribution is 2.31. The molecule has 1 aromatic carbocycles. The smallest absolute Gasteiger partial charge is 0.0708 e. The average Bonchev–Trinajstić information content (AvgIpc) is 2.89. The number of fused-ring (bicyclic) bond motifs is 1. The summed E-state index contributed by atoms with van der Waals surface area (Å²) in [5.74, 6) is 5.83. The van der Waals surface area contributed by atoms with E-state index in [1.807, 2.05) is 25.1 Å². The standard InChI is InChI=1S/C16H16BrN3S/c1-10-8-12(11-4-2-3-5-14(11)19-10)15(20-18)9-16-13(17)6-7-21-16/h2-8,15,20H,9,18H2,1H3.